The van der Waals surface area contributed by atoms with Gasteiger partial charge in [0.05, 0.1) is 23.7 Å². The second kappa shape index (κ2) is 11.0. The number of carbonyl (C=O) groups excluding carboxylic acids is 2. The standard InChI is InChI=1S/C27H30Cl2F2N6O3/c1-26(2,3)12-18-27(32,15-10-9-13(28)11-17(15)30)19(14-7-6-8-16(29)20(14)31)21(37(18)4)23(38)34-25-33-22(35-36-25)24(39)40-5/h6-11,18-19,21H,12,32H2,1-5H3,(H2,33,34,35,36,38)/t18-,19-,21+,27+/m0/s1. The van der Waals surface area contributed by atoms with Crippen molar-refractivity contribution < 1.29 is 23.1 Å². The Balaban J connectivity index is 1.92. The van der Waals surface area contributed by atoms with Crippen molar-refractivity contribution in [1.29, 1.82) is 0 Å². The summed E-state index contributed by atoms with van der Waals surface area (Å²) in [7, 11) is 2.85. The van der Waals surface area contributed by atoms with Gasteiger partial charge in [0.2, 0.25) is 17.7 Å². The summed E-state index contributed by atoms with van der Waals surface area (Å²) >= 11 is 12.2. The number of amides is 1. The van der Waals surface area contributed by atoms with E-state index >= 15 is 8.78 Å². The predicted molar refractivity (Wildman–Crippen MR) is 147 cm³/mol. The maximum Gasteiger partial charge on any atom is 0.375 e. The van der Waals surface area contributed by atoms with Gasteiger partial charge in [0.1, 0.15) is 11.6 Å². The predicted octanol–water partition coefficient (Wildman–Crippen LogP) is 4.87. The molecule has 1 aliphatic heterocycles. The Bertz CT molecular complexity index is 1450. The third kappa shape index (κ3) is 5.43. The van der Waals surface area contributed by atoms with Crippen LogP contribution in [0.3, 0.4) is 0 Å². The molecule has 2 heterocycles. The molecule has 9 nitrogen and oxygen atoms in total. The van der Waals surface area contributed by atoms with Crippen LogP contribution in [0.25, 0.3) is 0 Å². The number of rotatable bonds is 6. The van der Waals surface area contributed by atoms with Crippen molar-refractivity contribution in [3.63, 3.8) is 0 Å². The van der Waals surface area contributed by atoms with Crippen molar-refractivity contribution in [3.8, 4) is 0 Å². The topological polar surface area (TPSA) is 126 Å². The highest BCUT2D eigenvalue weighted by molar-refractivity contribution is 6.31. The molecule has 214 valence electrons. The van der Waals surface area contributed by atoms with E-state index in [1.54, 1.807) is 18.0 Å². The molecule has 1 fully saturated rings. The summed E-state index contributed by atoms with van der Waals surface area (Å²) in [5.74, 6) is -4.45. The SMILES string of the molecule is COC(=O)c1nc(NC(=O)[C@H]2[C@H](c3cccc(Cl)c3F)[C@@](N)(c3ccc(Cl)cc3F)[C@H](CC(C)(C)C)N2C)n[nH]1. The normalized spacial score (nSPS) is 23.3. The number of ether oxygens (including phenoxy) is 1. The number of hydrogen-bond acceptors (Lipinski definition) is 7. The van der Waals surface area contributed by atoms with E-state index < -0.39 is 47.1 Å². The molecule has 4 atom stereocenters. The van der Waals surface area contributed by atoms with Crippen molar-refractivity contribution in [1.82, 2.24) is 20.1 Å². The van der Waals surface area contributed by atoms with Gasteiger partial charge in [0.15, 0.2) is 0 Å². The van der Waals surface area contributed by atoms with E-state index in [4.69, 9.17) is 28.9 Å². The summed E-state index contributed by atoms with van der Waals surface area (Å²) in [6, 6.07) is 6.73. The molecule has 3 aromatic rings. The van der Waals surface area contributed by atoms with Crippen molar-refractivity contribution in [2.45, 2.75) is 50.7 Å². The van der Waals surface area contributed by atoms with Crippen molar-refractivity contribution in [3.05, 3.63) is 75.0 Å². The lowest BCUT2D eigenvalue weighted by atomic mass is 9.68. The number of hydrogen-bond donors (Lipinski definition) is 3. The zero-order chi connectivity index (χ0) is 29.6. The summed E-state index contributed by atoms with van der Waals surface area (Å²) < 4.78 is 36.0. The van der Waals surface area contributed by atoms with Crippen LogP contribution in [0.1, 0.15) is 54.9 Å². The van der Waals surface area contributed by atoms with Gasteiger partial charge in [-0.25, -0.2) is 13.6 Å². The van der Waals surface area contributed by atoms with Gasteiger partial charge >= 0.3 is 5.97 Å². The number of aromatic amines is 1. The first-order chi connectivity index (χ1) is 18.7. The smallest absolute Gasteiger partial charge is 0.375 e. The lowest BCUT2D eigenvalue weighted by molar-refractivity contribution is -0.120. The van der Waals surface area contributed by atoms with E-state index in [-0.39, 0.29) is 38.4 Å². The fraction of sp³-hybridized carbons (Fsp3) is 0.407. The number of nitrogens with zero attached hydrogens (tertiary/aromatic N) is 3. The van der Waals surface area contributed by atoms with Crippen molar-refractivity contribution in [2.75, 3.05) is 19.5 Å². The second-order valence-corrected chi connectivity index (χ2v) is 11.9. The number of methoxy groups -OCH3 is 1. The van der Waals surface area contributed by atoms with Gasteiger partial charge < -0.3 is 10.5 Å². The first-order valence-corrected chi connectivity index (χ1v) is 13.2. The highest BCUT2D eigenvalue weighted by Crippen LogP contribution is 2.53. The van der Waals surface area contributed by atoms with Crippen LogP contribution in [0.15, 0.2) is 36.4 Å². The average Bonchev–Trinajstić information content (AvgIpc) is 3.41. The number of anilines is 1. The second-order valence-electron chi connectivity index (χ2n) is 11.1. The molecular weight excluding hydrogens is 565 g/mol. The number of H-pyrrole nitrogens is 1. The number of nitrogens with one attached hydrogen (secondary N) is 2. The molecule has 0 spiro atoms. The highest BCUT2D eigenvalue weighted by atomic mass is 35.5. The Kier molecular flexibility index (Phi) is 8.24. The molecule has 1 amide bonds. The summed E-state index contributed by atoms with van der Waals surface area (Å²) in [4.78, 5) is 31.4. The quantitative estimate of drug-likeness (QED) is 0.347. The van der Waals surface area contributed by atoms with Gasteiger partial charge in [-0.1, -0.05) is 62.2 Å². The van der Waals surface area contributed by atoms with Crippen LogP contribution in [0.4, 0.5) is 14.7 Å². The van der Waals surface area contributed by atoms with Gasteiger partial charge in [-0.3, -0.25) is 20.1 Å². The van der Waals surface area contributed by atoms with Crippen molar-refractivity contribution >= 4 is 41.0 Å². The summed E-state index contributed by atoms with van der Waals surface area (Å²) in [6.45, 7) is 5.97. The van der Waals surface area contributed by atoms with Crippen LogP contribution in [-0.2, 0) is 15.1 Å². The first kappa shape index (κ1) is 29.9. The molecule has 1 aliphatic rings. The minimum absolute atomic E-state index is 0.0398. The molecule has 0 radical (unpaired) electrons. The Morgan fingerprint density at radius 1 is 1.23 bits per heavy atom. The Hall–Kier alpha value is -3.12. The van der Waals surface area contributed by atoms with E-state index in [0.717, 1.165) is 6.07 Å². The van der Waals surface area contributed by atoms with Crippen LogP contribution < -0.4 is 11.1 Å². The van der Waals surface area contributed by atoms with E-state index in [0.29, 0.717) is 6.42 Å². The molecule has 0 bridgehead atoms. The van der Waals surface area contributed by atoms with Gasteiger partial charge in [0.25, 0.3) is 0 Å². The van der Waals surface area contributed by atoms with E-state index in [1.165, 1.54) is 31.4 Å². The monoisotopic (exact) mass is 594 g/mol. The molecule has 1 aromatic heterocycles. The number of nitrogens with two attached hydrogens (primary N) is 1. The average molecular weight is 595 g/mol. The molecule has 13 heteroatoms. The number of halogens is 4. The number of carbonyl (C=O) groups is 2. The zero-order valence-electron chi connectivity index (χ0n) is 22.6. The van der Waals surface area contributed by atoms with Crippen molar-refractivity contribution in [2.24, 2.45) is 11.1 Å². The minimum Gasteiger partial charge on any atom is -0.463 e. The van der Waals surface area contributed by atoms with Gasteiger partial charge in [-0.05, 0) is 42.6 Å². The molecule has 0 saturated carbocycles. The molecule has 0 unspecified atom stereocenters. The summed E-state index contributed by atoms with van der Waals surface area (Å²) in [6.07, 6.45) is 0.414. The van der Waals surface area contributed by atoms with Crippen LogP contribution in [0.2, 0.25) is 10.0 Å². The van der Waals surface area contributed by atoms with E-state index in [9.17, 15) is 9.59 Å². The van der Waals surface area contributed by atoms with Gasteiger partial charge in [-0.15, -0.1) is 5.10 Å². The fourth-order valence-electron chi connectivity index (χ4n) is 5.53. The van der Waals surface area contributed by atoms with Crippen LogP contribution in [0, 0.1) is 17.0 Å². The number of likely N-dealkylation sites (N-methyl/N-ethyl adjacent to an activating group) is 1. The number of esters is 1. The number of likely N-dealkylation sites (tertiary alicyclic amines) is 1. The lowest BCUT2D eigenvalue weighted by Gasteiger charge is -2.41. The molecule has 4 N–H and O–H groups in total. The van der Waals surface area contributed by atoms with E-state index in [1.807, 2.05) is 20.8 Å². The summed E-state index contributed by atoms with van der Waals surface area (Å²) in [5.41, 5.74) is 5.40. The lowest BCUT2D eigenvalue weighted by Crippen LogP contribution is -2.52. The van der Waals surface area contributed by atoms with Crippen LogP contribution in [0.5, 0.6) is 0 Å². The maximum absolute atomic E-state index is 15.7. The molecule has 1 saturated heterocycles. The Labute approximate surface area is 240 Å². The molecule has 2 aromatic carbocycles. The third-order valence-electron chi connectivity index (χ3n) is 7.20. The third-order valence-corrected chi connectivity index (χ3v) is 7.73. The zero-order valence-corrected chi connectivity index (χ0v) is 24.1. The fourth-order valence-corrected chi connectivity index (χ4v) is 5.87. The molecular formula is C27H30Cl2F2N6O3. The van der Waals surface area contributed by atoms with Crippen LogP contribution >= 0.6 is 23.2 Å². The molecule has 40 heavy (non-hydrogen) atoms. The number of benzene rings is 2. The largest absolute Gasteiger partial charge is 0.463 e. The minimum atomic E-state index is -1.62. The maximum atomic E-state index is 15.7. The molecule has 0 aliphatic carbocycles. The Morgan fingerprint density at radius 2 is 1.93 bits per heavy atom. The number of aromatic nitrogens is 3. The molecule has 4 rings (SSSR count). The van der Waals surface area contributed by atoms with Gasteiger partial charge in [-0.2, -0.15) is 4.98 Å². The van der Waals surface area contributed by atoms with Gasteiger partial charge in [0, 0.05) is 22.5 Å². The highest BCUT2D eigenvalue weighted by Gasteiger charge is 2.61. The van der Waals surface area contributed by atoms with E-state index in [2.05, 4.69) is 25.2 Å². The first-order valence-electron chi connectivity index (χ1n) is 12.4. The summed E-state index contributed by atoms with van der Waals surface area (Å²) in [5, 5.41) is 8.81. The Morgan fingerprint density at radius 3 is 2.55 bits per heavy atom. The van der Waals surface area contributed by atoms with Crippen LogP contribution in [-0.4, -0.2) is 58.2 Å².